The van der Waals surface area contributed by atoms with Crippen LogP contribution in [0.1, 0.15) is 45.1 Å². The molecule has 1 aliphatic carbocycles. The fraction of sp³-hybridized carbons (Fsp3) is 0.588. The van der Waals surface area contributed by atoms with Crippen LogP contribution < -0.4 is 10.6 Å². The zero-order valence-electron chi connectivity index (χ0n) is 13.0. The SMILES string of the molecule is CCc1ccccc1NC(=O)CC(C)NCC1(O)CCC1. The normalized spacial score (nSPS) is 17.9. The average Bonchev–Trinajstić information content (AvgIpc) is 2.43. The molecule has 0 aliphatic heterocycles. The van der Waals surface area contributed by atoms with Gasteiger partial charge in [0.25, 0.3) is 0 Å². The summed E-state index contributed by atoms with van der Waals surface area (Å²) in [6, 6.07) is 7.94. The maximum atomic E-state index is 12.1. The molecular formula is C17H26N2O2. The highest BCUT2D eigenvalue weighted by Crippen LogP contribution is 2.30. The number of aryl methyl sites for hydroxylation is 1. The lowest BCUT2D eigenvalue weighted by Crippen LogP contribution is -2.48. The van der Waals surface area contributed by atoms with Crippen LogP contribution >= 0.6 is 0 Å². The molecule has 4 nitrogen and oxygen atoms in total. The van der Waals surface area contributed by atoms with Gasteiger partial charge in [-0.1, -0.05) is 25.1 Å². The average molecular weight is 290 g/mol. The van der Waals surface area contributed by atoms with Crippen LogP contribution in [-0.4, -0.2) is 29.2 Å². The molecule has 1 fully saturated rings. The Labute approximate surface area is 126 Å². The van der Waals surface area contributed by atoms with E-state index >= 15 is 0 Å². The topological polar surface area (TPSA) is 61.4 Å². The van der Waals surface area contributed by atoms with Crippen LogP contribution in [0.2, 0.25) is 0 Å². The summed E-state index contributed by atoms with van der Waals surface area (Å²) in [5, 5.41) is 16.3. The van der Waals surface area contributed by atoms with Crippen molar-refractivity contribution in [2.45, 2.75) is 57.6 Å². The summed E-state index contributed by atoms with van der Waals surface area (Å²) < 4.78 is 0. The van der Waals surface area contributed by atoms with Crippen LogP contribution in [0.3, 0.4) is 0 Å². The summed E-state index contributed by atoms with van der Waals surface area (Å²) in [6.45, 7) is 4.63. The first kappa shape index (κ1) is 16.0. The molecule has 0 spiro atoms. The third-order valence-electron chi connectivity index (χ3n) is 4.23. The minimum Gasteiger partial charge on any atom is -0.389 e. The summed E-state index contributed by atoms with van der Waals surface area (Å²) >= 11 is 0. The van der Waals surface area contributed by atoms with Gasteiger partial charge in [-0.3, -0.25) is 4.79 Å². The Kier molecular flexibility index (Phi) is 5.37. The molecule has 0 saturated heterocycles. The van der Waals surface area contributed by atoms with Crippen molar-refractivity contribution in [3.05, 3.63) is 29.8 Å². The second-order valence-corrected chi connectivity index (χ2v) is 6.12. The number of amides is 1. The van der Waals surface area contributed by atoms with Crippen molar-refractivity contribution in [3.8, 4) is 0 Å². The van der Waals surface area contributed by atoms with Gasteiger partial charge in [-0.15, -0.1) is 0 Å². The highest BCUT2D eigenvalue weighted by molar-refractivity contribution is 5.91. The standard InChI is InChI=1S/C17H26N2O2/c1-3-14-7-4-5-8-15(14)19-16(20)11-13(2)18-12-17(21)9-6-10-17/h4-5,7-8,13,18,21H,3,6,9-12H2,1-2H3,(H,19,20). The monoisotopic (exact) mass is 290 g/mol. The Morgan fingerprint density at radius 1 is 1.38 bits per heavy atom. The molecule has 1 unspecified atom stereocenters. The van der Waals surface area contributed by atoms with Crippen molar-refractivity contribution in [1.29, 1.82) is 0 Å². The molecule has 1 aromatic rings. The summed E-state index contributed by atoms with van der Waals surface area (Å²) in [5.74, 6) is 0.0106. The van der Waals surface area contributed by atoms with Gasteiger partial charge in [0, 0.05) is 24.7 Å². The molecular weight excluding hydrogens is 264 g/mol. The van der Waals surface area contributed by atoms with Crippen molar-refractivity contribution >= 4 is 11.6 Å². The quantitative estimate of drug-likeness (QED) is 0.723. The van der Waals surface area contributed by atoms with E-state index < -0.39 is 5.60 Å². The van der Waals surface area contributed by atoms with Crippen molar-refractivity contribution in [3.63, 3.8) is 0 Å². The van der Waals surface area contributed by atoms with Crippen molar-refractivity contribution < 1.29 is 9.90 Å². The van der Waals surface area contributed by atoms with Crippen molar-refractivity contribution in [2.75, 3.05) is 11.9 Å². The number of carbonyl (C=O) groups is 1. The van der Waals surface area contributed by atoms with Gasteiger partial charge in [-0.05, 0) is 44.2 Å². The minimum absolute atomic E-state index is 0.0106. The summed E-state index contributed by atoms with van der Waals surface area (Å²) in [5.41, 5.74) is 1.50. The Morgan fingerprint density at radius 2 is 2.10 bits per heavy atom. The molecule has 0 radical (unpaired) electrons. The zero-order valence-corrected chi connectivity index (χ0v) is 13.0. The molecule has 4 heteroatoms. The summed E-state index contributed by atoms with van der Waals surface area (Å²) in [4.78, 5) is 12.1. The van der Waals surface area contributed by atoms with E-state index in [4.69, 9.17) is 0 Å². The molecule has 3 N–H and O–H groups in total. The number of carbonyl (C=O) groups excluding carboxylic acids is 1. The van der Waals surface area contributed by atoms with Gasteiger partial charge in [0.2, 0.25) is 5.91 Å². The molecule has 0 bridgehead atoms. The molecule has 1 atom stereocenters. The van der Waals surface area contributed by atoms with Gasteiger partial charge in [-0.2, -0.15) is 0 Å². The fourth-order valence-corrected chi connectivity index (χ4v) is 2.63. The highest BCUT2D eigenvalue weighted by atomic mass is 16.3. The molecule has 1 amide bonds. The molecule has 21 heavy (non-hydrogen) atoms. The van der Waals surface area contributed by atoms with Crippen molar-refractivity contribution in [2.24, 2.45) is 0 Å². The van der Waals surface area contributed by atoms with E-state index in [-0.39, 0.29) is 11.9 Å². The van der Waals surface area contributed by atoms with Crippen LogP contribution in [0, 0.1) is 0 Å². The molecule has 1 aliphatic rings. The van der Waals surface area contributed by atoms with Crippen LogP contribution in [0.4, 0.5) is 5.69 Å². The lowest BCUT2D eigenvalue weighted by Gasteiger charge is -2.37. The Hall–Kier alpha value is -1.39. The fourth-order valence-electron chi connectivity index (χ4n) is 2.63. The Morgan fingerprint density at radius 3 is 2.71 bits per heavy atom. The van der Waals surface area contributed by atoms with Gasteiger partial charge < -0.3 is 15.7 Å². The largest absolute Gasteiger partial charge is 0.389 e. The van der Waals surface area contributed by atoms with Crippen LogP contribution in [0.25, 0.3) is 0 Å². The number of hydrogen-bond donors (Lipinski definition) is 3. The number of aliphatic hydroxyl groups is 1. The number of para-hydroxylation sites is 1. The van der Waals surface area contributed by atoms with Crippen LogP contribution in [-0.2, 0) is 11.2 Å². The van der Waals surface area contributed by atoms with E-state index in [0.29, 0.717) is 13.0 Å². The molecule has 0 heterocycles. The van der Waals surface area contributed by atoms with Gasteiger partial charge in [0.05, 0.1) is 5.60 Å². The maximum Gasteiger partial charge on any atom is 0.225 e. The predicted molar refractivity (Wildman–Crippen MR) is 85.3 cm³/mol. The molecule has 1 aromatic carbocycles. The van der Waals surface area contributed by atoms with Gasteiger partial charge in [0.15, 0.2) is 0 Å². The number of benzene rings is 1. The van der Waals surface area contributed by atoms with E-state index in [1.165, 1.54) is 0 Å². The minimum atomic E-state index is -0.542. The third-order valence-corrected chi connectivity index (χ3v) is 4.23. The van der Waals surface area contributed by atoms with E-state index in [1.807, 2.05) is 31.2 Å². The second kappa shape index (κ2) is 7.05. The second-order valence-electron chi connectivity index (χ2n) is 6.12. The smallest absolute Gasteiger partial charge is 0.225 e. The Bertz CT molecular complexity index is 483. The molecule has 2 rings (SSSR count). The van der Waals surface area contributed by atoms with Gasteiger partial charge >= 0.3 is 0 Å². The predicted octanol–water partition coefficient (Wildman–Crippen LogP) is 2.47. The van der Waals surface area contributed by atoms with E-state index in [1.54, 1.807) is 0 Å². The molecule has 1 saturated carbocycles. The highest BCUT2D eigenvalue weighted by Gasteiger charge is 2.34. The number of nitrogens with one attached hydrogen (secondary N) is 2. The van der Waals surface area contributed by atoms with Crippen molar-refractivity contribution in [1.82, 2.24) is 5.32 Å². The summed E-state index contributed by atoms with van der Waals surface area (Å²) in [7, 11) is 0. The maximum absolute atomic E-state index is 12.1. The third kappa shape index (κ3) is 4.55. The molecule has 0 aromatic heterocycles. The van der Waals surface area contributed by atoms with E-state index in [0.717, 1.165) is 36.9 Å². The van der Waals surface area contributed by atoms with Gasteiger partial charge in [0.1, 0.15) is 0 Å². The lowest BCUT2D eigenvalue weighted by atomic mass is 9.80. The first-order valence-corrected chi connectivity index (χ1v) is 7.86. The lowest BCUT2D eigenvalue weighted by molar-refractivity contribution is -0.116. The molecule has 116 valence electrons. The number of hydrogen-bond acceptors (Lipinski definition) is 3. The summed E-state index contributed by atoms with van der Waals surface area (Å²) in [6.07, 6.45) is 4.14. The van der Waals surface area contributed by atoms with Gasteiger partial charge in [-0.25, -0.2) is 0 Å². The zero-order chi connectivity index (χ0) is 15.3. The van der Waals surface area contributed by atoms with Crippen LogP contribution in [0.5, 0.6) is 0 Å². The van der Waals surface area contributed by atoms with E-state index in [9.17, 15) is 9.90 Å². The Balaban J connectivity index is 1.78. The van der Waals surface area contributed by atoms with Crippen LogP contribution in [0.15, 0.2) is 24.3 Å². The van der Waals surface area contributed by atoms with E-state index in [2.05, 4.69) is 17.6 Å². The first-order valence-electron chi connectivity index (χ1n) is 7.86. The number of anilines is 1. The number of rotatable bonds is 7. The first-order chi connectivity index (χ1) is 10.0.